The first-order chi connectivity index (χ1) is 9.49. The zero-order valence-corrected chi connectivity index (χ0v) is 12.1. The Morgan fingerprint density at radius 3 is 2.50 bits per heavy atom. The molecule has 2 rings (SSSR count). The lowest BCUT2D eigenvalue weighted by atomic mass is 9.68. The van der Waals surface area contributed by atoms with E-state index in [2.05, 4.69) is 24.9 Å². The number of benzene rings is 1. The van der Waals surface area contributed by atoms with Crippen molar-refractivity contribution in [3.8, 4) is 0 Å². The Bertz CT molecular complexity index is 490. The molecule has 1 aromatic rings. The molecule has 0 amide bonds. The summed E-state index contributed by atoms with van der Waals surface area (Å²) in [6.07, 6.45) is 8.30. The molecular weight excluding hydrogens is 253 g/mol. The number of halogens is 1. The van der Waals surface area contributed by atoms with Crippen molar-refractivity contribution in [1.29, 1.82) is 0 Å². The topological polar surface area (TPSA) is 32.6 Å². The van der Waals surface area contributed by atoms with Crippen LogP contribution in [0.2, 0.25) is 0 Å². The lowest BCUT2D eigenvalue weighted by Crippen LogP contribution is -2.41. The Balaban J connectivity index is 2.08. The summed E-state index contributed by atoms with van der Waals surface area (Å²) in [5.41, 5.74) is 0.750. The van der Waals surface area contributed by atoms with Gasteiger partial charge in [-0.2, -0.15) is 0 Å². The molecule has 1 unspecified atom stereocenters. The molecule has 0 bridgehead atoms. The Hall–Kier alpha value is -1.48. The largest absolute Gasteiger partial charge is 0.396 e. The molecule has 108 valence electrons. The second kappa shape index (κ2) is 5.88. The van der Waals surface area contributed by atoms with E-state index >= 15 is 0 Å². The first-order valence-corrected chi connectivity index (χ1v) is 7.07. The molecule has 0 radical (unpaired) electrons. The maximum Gasteiger partial charge on any atom is 0.123 e. The van der Waals surface area contributed by atoms with E-state index in [4.69, 9.17) is 0 Å². The second-order valence-corrected chi connectivity index (χ2v) is 6.05. The highest BCUT2D eigenvalue weighted by molar-refractivity contribution is 5.75. The zero-order valence-electron chi connectivity index (χ0n) is 12.1. The third-order valence-corrected chi connectivity index (χ3v) is 4.38. The molecule has 0 saturated carbocycles. The summed E-state index contributed by atoms with van der Waals surface area (Å²) in [5, 5.41) is 9.32. The van der Waals surface area contributed by atoms with Gasteiger partial charge in [0, 0.05) is 12.8 Å². The van der Waals surface area contributed by atoms with Crippen LogP contribution in [0.5, 0.6) is 0 Å². The predicted molar refractivity (Wildman–Crippen MR) is 80.6 cm³/mol. The summed E-state index contributed by atoms with van der Waals surface area (Å²) in [6, 6.07) is 6.66. The molecule has 0 aliphatic carbocycles. The molecule has 0 fully saturated rings. The van der Waals surface area contributed by atoms with Gasteiger partial charge in [-0.25, -0.2) is 4.39 Å². The van der Waals surface area contributed by atoms with E-state index in [9.17, 15) is 9.50 Å². The molecule has 1 heterocycles. The highest BCUT2D eigenvalue weighted by atomic mass is 19.1. The number of aliphatic hydroxyl groups is 1. The van der Waals surface area contributed by atoms with Crippen LogP contribution in [-0.4, -0.2) is 23.5 Å². The molecule has 3 heteroatoms. The quantitative estimate of drug-likeness (QED) is 0.846. The van der Waals surface area contributed by atoms with Gasteiger partial charge in [0.25, 0.3) is 0 Å². The summed E-state index contributed by atoms with van der Waals surface area (Å²) in [5.74, 6) is -0.201. The van der Waals surface area contributed by atoms with Gasteiger partial charge in [-0.3, -0.25) is 4.99 Å². The maximum atomic E-state index is 12.9. The summed E-state index contributed by atoms with van der Waals surface area (Å²) < 4.78 is 12.9. The normalized spacial score (nSPS) is 21.6. The van der Waals surface area contributed by atoms with Crippen molar-refractivity contribution in [2.75, 3.05) is 6.61 Å². The van der Waals surface area contributed by atoms with E-state index in [1.165, 1.54) is 12.1 Å². The standard InChI is InChI=1S/C17H22FNO/c1-16(2,17(11-13-20)9-3-12-19-17)10-8-14-4-6-15(18)7-5-14/h3-7,9,12,20H,8,10-11,13H2,1-2H3. The highest BCUT2D eigenvalue weighted by Crippen LogP contribution is 2.43. The van der Waals surface area contributed by atoms with Crippen LogP contribution in [0.15, 0.2) is 41.4 Å². The fourth-order valence-corrected chi connectivity index (χ4v) is 2.80. The van der Waals surface area contributed by atoms with Gasteiger partial charge < -0.3 is 5.11 Å². The fraction of sp³-hybridized carbons (Fsp3) is 0.471. The zero-order chi connectivity index (χ0) is 14.6. The lowest BCUT2D eigenvalue weighted by molar-refractivity contribution is 0.153. The van der Waals surface area contributed by atoms with Crippen LogP contribution in [-0.2, 0) is 6.42 Å². The third-order valence-electron chi connectivity index (χ3n) is 4.38. The van der Waals surface area contributed by atoms with Crippen LogP contribution in [0.1, 0.15) is 32.3 Å². The predicted octanol–water partition coefficient (Wildman–Crippen LogP) is 3.55. The molecule has 0 aromatic heterocycles. The summed E-state index contributed by atoms with van der Waals surface area (Å²) in [7, 11) is 0. The number of allylic oxidation sites excluding steroid dienone is 1. The minimum atomic E-state index is -0.318. The van der Waals surface area contributed by atoms with Crippen molar-refractivity contribution in [2.45, 2.75) is 38.6 Å². The van der Waals surface area contributed by atoms with Crippen LogP contribution in [0, 0.1) is 11.2 Å². The molecule has 20 heavy (non-hydrogen) atoms. The number of rotatable bonds is 6. The van der Waals surface area contributed by atoms with Crippen LogP contribution >= 0.6 is 0 Å². The Kier molecular flexibility index (Phi) is 4.39. The van der Waals surface area contributed by atoms with Crippen molar-refractivity contribution < 1.29 is 9.50 Å². The molecule has 0 spiro atoms. The molecular formula is C17H22FNO. The van der Waals surface area contributed by atoms with Crippen LogP contribution in [0.4, 0.5) is 4.39 Å². The van der Waals surface area contributed by atoms with Crippen LogP contribution in [0.25, 0.3) is 0 Å². The Labute approximate surface area is 120 Å². The van der Waals surface area contributed by atoms with Crippen LogP contribution < -0.4 is 0 Å². The lowest BCUT2D eigenvalue weighted by Gasteiger charge is -2.40. The molecule has 1 aliphatic rings. The van der Waals surface area contributed by atoms with Crippen molar-refractivity contribution in [3.63, 3.8) is 0 Å². The minimum Gasteiger partial charge on any atom is -0.396 e. The van der Waals surface area contributed by atoms with Gasteiger partial charge in [0.2, 0.25) is 0 Å². The molecule has 2 nitrogen and oxygen atoms in total. The fourth-order valence-electron chi connectivity index (χ4n) is 2.80. The summed E-state index contributed by atoms with van der Waals surface area (Å²) in [4.78, 5) is 4.60. The number of aliphatic hydroxyl groups excluding tert-OH is 1. The van der Waals surface area contributed by atoms with Gasteiger partial charge in [-0.05, 0) is 48.4 Å². The van der Waals surface area contributed by atoms with E-state index in [1.807, 2.05) is 24.4 Å². The van der Waals surface area contributed by atoms with E-state index in [0.29, 0.717) is 6.42 Å². The summed E-state index contributed by atoms with van der Waals surface area (Å²) in [6.45, 7) is 4.49. The Morgan fingerprint density at radius 2 is 1.95 bits per heavy atom. The van der Waals surface area contributed by atoms with Gasteiger partial charge >= 0.3 is 0 Å². The van der Waals surface area contributed by atoms with Gasteiger partial charge in [0.1, 0.15) is 5.82 Å². The number of nitrogens with zero attached hydrogens (tertiary/aromatic N) is 1. The van der Waals surface area contributed by atoms with Crippen molar-refractivity contribution in [3.05, 3.63) is 47.8 Å². The molecule has 1 aliphatic heterocycles. The average Bonchev–Trinajstić information content (AvgIpc) is 2.89. The van der Waals surface area contributed by atoms with Gasteiger partial charge in [0.15, 0.2) is 0 Å². The monoisotopic (exact) mass is 275 g/mol. The summed E-state index contributed by atoms with van der Waals surface area (Å²) >= 11 is 0. The van der Waals surface area contributed by atoms with Gasteiger partial charge in [0.05, 0.1) is 5.54 Å². The Morgan fingerprint density at radius 1 is 1.25 bits per heavy atom. The van der Waals surface area contributed by atoms with E-state index < -0.39 is 0 Å². The molecule has 1 atom stereocenters. The number of hydrogen-bond acceptors (Lipinski definition) is 2. The smallest absolute Gasteiger partial charge is 0.123 e. The van der Waals surface area contributed by atoms with Gasteiger partial charge in [-0.15, -0.1) is 0 Å². The first kappa shape index (κ1) is 14.9. The van der Waals surface area contributed by atoms with E-state index in [-0.39, 0.29) is 23.4 Å². The number of aliphatic imine (C=N–C) groups is 1. The second-order valence-electron chi connectivity index (χ2n) is 6.05. The maximum absolute atomic E-state index is 12.9. The van der Waals surface area contributed by atoms with E-state index in [0.717, 1.165) is 18.4 Å². The van der Waals surface area contributed by atoms with Crippen molar-refractivity contribution in [2.24, 2.45) is 10.4 Å². The molecule has 0 saturated heterocycles. The van der Waals surface area contributed by atoms with Crippen molar-refractivity contribution >= 4 is 6.21 Å². The highest BCUT2D eigenvalue weighted by Gasteiger charge is 2.42. The number of aryl methyl sites for hydroxylation is 1. The SMILES string of the molecule is CC(C)(CCc1ccc(F)cc1)C1(CCO)C=CC=N1. The average molecular weight is 275 g/mol. The number of hydrogen-bond donors (Lipinski definition) is 1. The first-order valence-electron chi connectivity index (χ1n) is 7.07. The minimum absolute atomic E-state index is 0.0619. The van der Waals surface area contributed by atoms with Gasteiger partial charge in [-0.1, -0.05) is 32.1 Å². The molecule has 1 N–H and O–H groups in total. The van der Waals surface area contributed by atoms with Crippen molar-refractivity contribution in [1.82, 2.24) is 0 Å². The third kappa shape index (κ3) is 2.98. The van der Waals surface area contributed by atoms with E-state index in [1.54, 1.807) is 0 Å². The van der Waals surface area contributed by atoms with Crippen LogP contribution in [0.3, 0.4) is 0 Å². The molecule has 1 aromatic carbocycles.